The summed E-state index contributed by atoms with van der Waals surface area (Å²) in [6.45, 7) is 3.51. The van der Waals surface area contributed by atoms with E-state index in [9.17, 15) is 4.79 Å². The monoisotopic (exact) mass is 289 g/mol. The number of urea groups is 1. The highest BCUT2D eigenvalue weighted by atomic mass is 16.5. The van der Waals surface area contributed by atoms with E-state index in [1.54, 1.807) is 0 Å². The number of hydrogen-bond acceptors (Lipinski definition) is 3. The summed E-state index contributed by atoms with van der Waals surface area (Å²) in [5.74, 6) is 0. The van der Waals surface area contributed by atoms with Gasteiger partial charge in [-0.25, -0.2) is 4.79 Å². The molecular formula is C16H23N3O2. The fourth-order valence-corrected chi connectivity index (χ4v) is 2.98. The number of ether oxygens (including phenoxy) is 1. The number of morpholine rings is 1. The molecule has 114 valence electrons. The van der Waals surface area contributed by atoms with E-state index >= 15 is 0 Å². The van der Waals surface area contributed by atoms with Gasteiger partial charge < -0.3 is 20.3 Å². The molecule has 0 radical (unpaired) electrons. The van der Waals surface area contributed by atoms with E-state index in [4.69, 9.17) is 4.74 Å². The average molecular weight is 289 g/mol. The van der Waals surface area contributed by atoms with Crippen molar-refractivity contribution in [1.29, 1.82) is 0 Å². The summed E-state index contributed by atoms with van der Waals surface area (Å²) < 4.78 is 5.27. The van der Waals surface area contributed by atoms with Gasteiger partial charge in [0.25, 0.3) is 0 Å². The normalized spacial score (nSPS) is 26.4. The number of piperidine rings is 1. The molecule has 2 aliphatic rings. The lowest BCUT2D eigenvalue weighted by Crippen LogP contribution is -2.53. The average Bonchev–Trinajstić information content (AvgIpc) is 2.57. The molecular weight excluding hydrogens is 266 g/mol. The van der Waals surface area contributed by atoms with Gasteiger partial charge in [0.2, 0.25) is 0 Å². The molecule has 2 unspecified atom stereocenters. The highest BCUT2D eigenvalue weighted by Crippen LogP contribution is 2.22. The maximum absolute atomic E-state index is 12.1. The van der Waals surface area contributed by atoms with Crippen molar-refractivity contribution < 1.29 is 9.53 Å². The molecule has 5 heteroatoms. The van der Waals surface area contributed by atoms with Crippen molar-refractivity contribution in [3.8, 4) is 0 Å². The molecule has 1 aromatic rings. The number of amides is 2. The molecule has 21 heavy (non-hydrogen) atoms. The first-order valence-electron chi connectivity index (χ1n) is 7.74. The predicted molar refractivity (Wildman–Crippen MR) is 81.1 cm³/mol. The fourth-order valence-electron chi connectivity index (χ4n) is 2.98. The van der Waals surface area contributed by atoms with Gasteiger partial charge in [-0.2, -0.15) is 0 Å². The molecule has 2 saturated heterocycles. The lowest BCUT2D eigenvalue weighted by Gasteiger charge is -2.33. The Morgan fingerprint density at radius 3 is 2.62 bits per heavy atom. The van der Waals surface area contributed by atoms with Crippen molar-refractivity contribution in [2.24, 2.45) is 0 Å². The van der Waals surface area contributed by atoms with E-state index in [0.29, 0.717) is 32.3 Å². The topological polar surface area (TPSA) is 53.6 Å². The highest BCUT2D eigenvalue weighted by molar-refractivity contribution is 5.74. The van der Waals surface area contributed by atoms with Crippen LogP contribution in [0, 0.1) is 0 Å². The summed E-state index contributed by atoms with van der Waals surface area (Å²) >= 11 is 0. The molecule has 2 heterocycles. The second-order valence-corrected chi connectivity index (χ2v) is 5.69. The second-order valence-electron chi connectivity index (χ2n) is 5.69. The van der Waals surface area contributed by atoms with Gasteiger partial charge in [0.05, 0.1) is 13.2 Å². The van der Waals surface area contributed by atoms with Gasteiger partial charge in [-0.05, 0) is 18.4 Å². The Bertz CT molecular complexity index is 452. The lowest BCUT2D eigenvalue weighted by molar-refractivity contribution is 0.0521. The van der Waals surface area contributed by atoms with Crippen molar-refractivity contribution in [2.45, 2.75) is 24.9 Å². The maximum atomic E-state index is 12.1. The minimum absolute atomic E-state index is 0.0447. The maximum Gasteiger partial charge on any atom is 0.317 e. The smallest absolute Gasteiger partial charge is 0.317 e. The Kier molecular flexibility index (Phi) is 4.72. The van der Waals surface area contributed by atoms with Gasteiger partial charge in [0.1, 0.15) is 0 Å². The van der Waals surface area contributed by atoms with Crippen LogP contribution in [0.5, 0.6) is 0 Å². The molecule has 0 aliphatic carbocycles. The van der Waals surface area contributed by atoms with Gasteiger partial charge in [-0.15, -0.1) is 0 Å². The van der Waals surface area contributed by atoms with E-state index in [2.05, 4.69) is 34.9 Å². The summed E-state index contributed by atoms with van der Waals surface area (Å²) in [4.78, 5) is 14.0. The summed E-state index contributed by atoms with van der Waals surface area (Å²) in [5.41, 5.74) is 1.33. The van der Waals surface area contributed by atoms with Crippen LogP contribution in [-0.2, 0) is 4.74 Å². The summed E-state index contributed by atoms with van der Waals surface area (Å²) in [6, 6.07) is 11.2. The number of nitrogens with zero attached hydrogens (tertiary/aromatic N) is 1. The molecule has 2 N–H and O–H groups in total. The molecule has 0 bridgehead atoms. The van der Waals surface area contributed by atoms with Crippen LogP contribution in [-0.4, -0.2) is 49.8 Å². The first kappa shape index (κ1) is 14.4. The Morgan fingerprint density at radius 2 is 1.95 bits per heavy atom. The number of carbonyl (C=O) groups excluding carboxylic acids is 1. The molecule has 0 spiro atoms. The van der Waals surface area contributed by atoms with Crippen LogP contribution in [0.2, 0.25) is 0 Å². The second kappa shape index (κ2) is 6.91. The summed E-state index contributed by atoms with van der Waals surface area (Å²) in [6.07, 6.45) is 2.07. The minimum Gasteiger partial charge on any atom is -0.378 e. The number of rotatable bonds is 2. The Labute approximate surface area is 125 Å². The van der Waals surface area contributed by atoms with Crippen LogP contribution in [0.4, 0.5) is 4.79 Å². The van der Waals surface area contributed by atoms with Crippen molar-refractivity contribution in [1.82, 2.24) is 15.5 Å². The molecule has 2 aliphatic heterocycles. The molecule has 2 fully saturated rings. The van der Waals surface area contributed by atoms with Gasteiger partial charge in [0, 0.05) is 31.7 Å². The Hall–Kier alpha value is -1.59. The lowest BCUT2D eigenvalue weighted by atomic mass is 9.95. The fraction of sp³-hybridized carbons (Fsp3) is 0.562. The SMILES string of the molecule is O=C(NC1CCC(c2ccccc2)NC1)N1CCOCC1. The number of carbonyl (C=O) groups is 1. The number of benzene rings is 1. The molecule has 2 atom stereocenters. The van der Waals surface area contributed by atoms with Crippen molar-refractivity contribution in [3.63, 3.8) is 0 Å². The van der Waals surface area contributed by atoms with Crippen LogP contribution in [0.25, 0.3) is 0 Å². The number of nitrogens with one attached hydrogen (secondary N) is 2. The molecule has 0 aromatic heterocycles. The van der Waals surface area contributed by atoms with E-state index in [-0.39, 0.29) is 12.1 Å². The van der Waals surface area contributed by atoms with E-state index in [1.165, 1.54) is 5.56 Å². The van der Waals surface area contributed by atoms with Gasteiger partial charge in [0.15, 0.2) is 0 Å². The van der Waals surface area contributed by atoms with Crippen LogP contribution in [0.3, 0.4) is 0 Å². The standard InChI is InChI=1S/C16H23N3O2/c20-16(19-8-10-21-11-9-19)18-14-6-7-15(17-12-14)13-4-2-1-3-5-13/h1-5,14-15,17H,6-12H2,(H,18,20). The zero-order chi connectivity index (χ0) is 14.5. The van der Waals surface area contributed by atoms with E-state index < -0.39 is 0 Å². The van der Waals surface area contributed by atoms with Gasteiger partial charge in [-0.3, -0.25) is 0 Å². The van der Waals surface area contributed by atoms with Crippen molar-refractivity contribution in [3.05, 3.63) is 35.9 Å². The van der Waals surface area contributed by atoms with Crippen LogP contribution in [0.1, 0.15) is 24.4 Å². The predicted octanol–water partition coefficient (Wildman–Crippen LogP) is 1.52. The molecule has 3 rings (SSSR count). The Morgan fingerprint density at radius 1 is 1.19 bits per heavy atom. The first-order chi connectivity index (χ1) is 10.3. The van der Waals surface area contributed by atoms with Crippen LogP contribution in [0.15, 0.2) is 30.3 Å². The zero-order valence-electron chi connectivity index (χ0n) is 12.3. The Balaban J connectivity index is 1.46. The summed E-state index contributed by atoms with van der Waals surface area (Å²) in [7, 11) is 0. The van der Waals surface area contributed by atoms with Crippen LogP contribution >= 0.6 is 0 Å². The van der Waals surface area contributed by atoms with E-state index in [0.717, 1.165) is 19.4 Å². The van der Waals surface area contributed by atoms with Gasteiger partial charge >= 0.3 is 6.03 Å². The molecule has 5 nitrogen and oxygen atoms in total. The third-order valence-electron chi connectivity index (χ3n) is 4.24. The van der Waals surface area contributed by atoms with Gasteiger partial charge in [-0.1, -0.05) is 30.3 Å². The quantitative estimate of drug-likeness (QED) is 0.868. The molecule has 1 aromatic carbocycles. The third kappa shape index (κ3) is 3.74. The molecule has 2 amide bonds. The van der Waals surface area contributed by atoms with Crippen LogP contribution < -0.4 is 10.6 Å². The van der Waals surface area contributed by atoms with Crippen molar-refractivity contribution in [2.75, 3.05) is 32.8 Å². The summed E-state index contributed by atoms with van der Waals surface area (Å²) in [5, 5.41) is 6.67. The van der Waals surface area contributed by atoms with E-state index in [1.807, 2.05) is 11.0 Å². The molecule has 0 saturated carbocycles. The highest BCUT2D eigenvalue weighted by Gasteiger charge is 2.25. The van der Waals surface area contributed by atoms with Crippen molar-refractivity contribution >= 4 is 6.03 Å². The zero-order valence-corrected chi connectivity index (χ0v) is 12.3. The largest absolute Gasteiger partial charge is 0.378 e. The minimum atomic E-state index is 0.0447. The first-order valence-corrected chi connectivity index (χ1v) is 7.74. The third-order valence-corrected chi connectivity index (χ3v) is 4.24. The number of hydrogen-bond donors (Lipinski definition) is 2.